The molecule has 31 heavy (non-hydrogen) atoms. The first-order valence-electron chi connectivity index (χ1n) is 9.64. The lowest BCUT2D eigenvalue weighted by Gasteiger charge is -2.23. The normalized spacial score (nSPS) is 11.2. The molecule has 0 fully saturated rings. The smallest absolute Gasteiger partial charge is 0.261 e. The van der Waals surface area contributed by atoms with Crippen LogP contribution in [0.4, 0.5) is 10.1 Å². The Morgan fingerprint density at radius 3 is 2.39 bits per heavy atom. The van der Waals surface area contributed by atoms with Crippen molar-refractivity contribution in [1.29, 1.82) is 0 Å². The van der Waals surface area contributed by atoms with E-state index in [1.165, 1.54) is 36.1 Å². The molecule has 0 aliphatic carbocycles. The molecule has 3 aromatic carbocycles. The molecule has 0 aliphatic rings. The van der Waals surface area contributed by atoms with Crippen LogP contribution in [-0.4, -0.2) is 37.5 Å². The zero-order valence-corrected chi connectivity index (χ0v) is 17.8. The van der Waals surface area contributed by atoms with Gasteiger partial charge in [-0.3, -0.25) is 9.52 Å². The van der Waals surface area contributed by atoms with Crippen LogP contribution in [-0.2, 0) is 16.6 Å². The first-order valence-corrected chi connectivity index (χ1v) is 11.1. The summed E-state index contributed by atoms with van der Waals surface area (Å²) in [7, 11) is -4.04. The number of carbonyl (C=O) groups excluding carboxylic acids is 1. The van der Waals surface area contributed by atoms with E-state index in [9.17, 15) is 22.7 Å². The van der Waals surface area contributed by atoms with Crippen molar-refractivity contribution in [2.45, 2.75) is 18.4 Å². The minimum atomic E-state index is -4.04. The van der Waals surface area contributed by atoms with Gasteiger partial charge in [-0.2, -0.15) is 0 Å². The number of amides is 1. The van der Waals surface area contributed by atoms with Crippen molar-refractivity contribution >= 4 is 21.6 Å². The summed E-state index contributed by atoms with van der Waals surface area (Å²) in [5.41, 5.74) is 1.33. The van der Waals surface area contributed by atoms with Crippen molar-refractivity contribution in [2.24, 2.45) is 0 Å². The number of aliphatic hydroxyl groups is 1. The Balaban J connectivity index is 1.90. The average molecular weight is 443 g/mol. The number of hydrogen-bond acceptors (Lipinski definition) is 4. The molecular formula is C23H23FN2O4S. The number of benzene rings is 3. The fourth-order valence-corrected chi connectivity index (χ4v) is 4.26. The molecular weight excluding hydrogens is 419 g/mol. The summed E-state index contributed by atoms with van der Waals surface area (Å²) < 4.78 is 41.6. The summed E-state index contributed by atoms with van der Waals surface area (Å²) in [6.45, 7) is 1.59. The molecule has 0 atom stereocenters. The van der Waals surface area contributed by atoms with Crippen molar-refractivity contribution in [3.05, 3.63) is 95.3 Å². The Morgan fingerprint density at radius 1 is 1.03 bits per heavy atom. The summed E-state index contributed by atoms with van der Waals surface area (Å²) in [5, 5.41) is 9.43. The Bertz CT molecular complexity index is 1170. The fourth-order valence-electron chi connectivity index (χ4n) is 3.09. The highest BCUT2D eigenvalue weighted by Gasteiger charge is 2.22. The van der Waals surface area contributed by atoms with Crippen LogP contribution in [0.1, 0.15) is 21.5 Å². The van der Waals surface area contributed by atoms with Crippen molar-refractivity contribution in [3.8, 4) is 0 Å². The third kappa shape index (κ3) is 5.48. The standard InChI is InChI=1S/C23H23FN2O4S/c1-17-15-19(11-12-21(17)24)31(29,30)25-22-10-6-5-9-20(22)23(28)26(13-14-27)16-18-7-3-2-4-8-18/h2-12,15,25,27H,13-14,16H2,1H3. The van der Waals surface area contributed by atoms with E-state index < -0.39 is 21.7 Å². The molecule has 6 nitrogen and oxygen atoms in total. The summed E-state index contributed by atoms with van der Waals surface area (Å²) in [6, 6.07) is 19.0. The van der Waals surface area contributed by atoms with Gasteiger partial charge in [-0.15, -0.1) is 0 Å². The highest BCUT2D eigenvalue weighted by molar-refractivity contribution is 7.92. The van der Waals surface area contributed by atoms with Crippen LogP contribution in [0.15, 0.2) is 77.7 Å². The number of nitrogens with zero attached hydrogens (tertiary/aromatic N) is 1. The quantitative estimate of drug-likeness (QED) is 0.558. The summed E-state index contributed by atoms with van der Waals surface area (Å²) in [4.78, 5) is 14.6. The van der Waals surface area contributed by atoms with E-state index in [4.69, 9.17) is 0 Å². The Morgan fingerprint density at radius 2 is 1.71 bits per heavy atom. The highest BCUT2D eigenvalue weighted by atomic mass is 32.2. The van der Waals surface area contributed by atoms with Gasteiger partial charge in [0.25, 0.3) is 15.9 Å². The van der Waals surface area contributed by atoms with E-state index in [1.807, 2.05) is 30.3 Å². The first-order chi connectivity index (χ1) is 14.8. The van der Waals surface area contributed by atoms with Gasteiger partial charge in [0.05, 0.1) is 22.8 Å². The molecule has 3 rings (SSSR count). The fraction of sp³-hybridized carbons (Fsp3) is 0.174. The number of sulfonamides is 1. The van der Waals surface area contributed by atoms with Crippen LogP contribution in [0.5, 0.6) is 0 Å². The number of carbonyl (C=O) groups is 1. The largest absolute Gasteiger partial charge is 0.395 e. The maximum Gasteiger partial charge on any atom is 0.261 e. The van der Waals surface area contributed by atoms with Crippen molar-refractivity contribution in [2.75, 3.05) is 17.9 Å². The van der Waals surface area contributed by atoms with Gasteiger partial charge in [-0.25, -0.2) is 12.8 Å². The van der Waals surface area contributed by atoms with E-state index in [2.05, 4.69) is 4.72 Å². The number of rotatable bonds is 8. The molecule has 0 heterocycles. The summed E-state index contributed by atoms with van der Waals surface area (Å²) >= 11 is 0. The molecule has 1 amide bonds. The van der Waals surface area contributed by atoms with Crippen LogP contribution in [0.2, 0.25) is 0 Å². The van der Waals surface area contributed by atoms with Gasteiger partial charge >= 0.3 is 0 Å². The lowest BCUT2D eigenvalue weighted by atomic mass is 10.1. The Hall–Kier alpha value is -3.23. The number of hydrogen-bond donors (Lipinski definition) is 2. The molecule has 162 valence electrons. The summed E-state index contributed by atoms with van der Waals surface area (Å²) in [5.74, 6) is -0.929. The zero-order valence-electron chi connectivity index (χ0n) is 17.0. The van der Waals surface area contributed by atoms with Gasteiger partial charge in [0.15, 0.2) is 0 Å². The molecule has 0 bridgehead atoms. The van der Waals surface area contributed by atoms with Gasteiger partial charge in [0.1, 0.15) is 5.82 Å². The third-order valence-electron chi connectivity index (χ3n) is 4.71. The Kier molecular flexibility index (Phi) is 7.04. The van der Waals surface area contributed by atoms with E-state index in [0.29, 0.717) is 0 Å². The molecule has 0 aliphatic heterocycles. The number of anilines is 1. The molecule has 3 aromatic rings. The molecule has 0 saturated carbocycles. The Labute approximate surface area is 181 Å². The molecule has 0 aromatic heterocycles. The van der Waals surface area contributed by atoms with Gasteiger partial charge < -0.3 is 10.0 Å². The van der Waals surface area contributed by atoms with Crippen LogP contribution in [0.3, 0.4) is 0 Å². The topological polar surface area (TPSA) is 86.7 Å². The van der Waals surface area contributed by atoms with E-state index in [0.717, 1.165) is 11.6 Å². The van der Waals surface area contributed by atoms with Gasteiger partial charge in [0.2, 0.25) is 0 Å². The van der Waals surface area contributed by atoms with Gasteiger partial charge in [-0.1, -0.05) is 42.5 Å². The van der Waals surface area contributed by atoms with Gasteiger partial charge in [-0.05, 0) is 48.4 Å². The zero-order chi connectivity index (χ0) is 22.4. The molecule has 0 unspecified atom stereocenters. The average Bonchev–Trinajstić information content (AvgIpc) is 2.75. The lowest BCUT2D eigenvalue weighted by Crippen LogP contribution is -2.33. The highest BCUT2D eigenvalue weighted by Crippen LogP contribution is 2.23. The number of aliphatic hydroxyl groups excluding tert-OH is 1. The van der Waals surface area contributed by atoms with E-state index in [1.54, 1.807) is 12.1 Å². The molecule has 0 radical (unpaired) electrons. The van der Waals surface area contributed by atoms with Crippen LogP contribution in [0, 0.1) is 12.7 Å². The second-order valence-electron chi connectivity index (χ2n) is 7.00. The lowest BCUT2D eigenvalue weighted by molar-refractivity contribution is 0.0709. The molecule has 2 N–H and O–H groups in total. The van der Waals surface area contributed by atoms with Crippen LogP contribution in [0.25, 0.3) is 0 Å². The first kappa shape index (κ1) is 22.5. The van der Waals surface area contributed by atoms with Crippen molar-refractivity contribution in [1.82, 2.24) is 4.90 Å². The monoisotopic (exact) mass is 442 g/mol. The van der Waals surface area contributed by atoms with E-state index >= 15 is 0 Å². The number of aryl methyl sites for hydroxylation is 1. The predicted molar refractivity (Wildman–Crippen MR) is 117 cm³/mol. The SMILES string of the molecule is Cc1cc(S(=O)(=O)Nc2ccccc2C(=O)N(CCO)Cc2ccccc2)ccc1F. The van der Waals surface area contributed by atoms with Crippen LogP contribution < -0.4 is 4.72 Å². The number of halogens is 1. The molecule has 0 spiro atoms. The predicted octanol–water partition coefficient (Wildman–Crippen LogP) is 3.57. The van der Waals surface area contributed by atoms with Crippen molar-refractivity contribution < 1.29 is 22.7 Å². The minimum Gasteiger partial charge on any atom is -0.395 e. The minimum absolute atomic E-state index is 0.0893. The summed E-state index contributed by atoms with van der Waals surface area (Å²) in [6.07, 6.45) is 0. The van der Waals surface area contributed by atoms with Crippen LogP contribution >= 0.6 is 0 Å². The maximum absolute atomic E-state index is 13.5. The molecule has 0 saturated heterocycles. The number of nitrogens with one attached hydrogen (secondary N) is 1. The van der Waals surface area contributed by atoms with E-state index in [-0.39, 0.29) is 41.4 Å². The molecule has 8 heteroatoms. The van der Waals surface area contributed by atoms with Crippen molar-refractivity contribution in [3.63, 3.8) is 0 Å². The number of para-hydroxylation sites is 1. The van der Waals surface area contributed by atoms with Gasteiger partial charge in [0, 0.05) is 13.1 Å². The third-order valence-corrected chi connectivity index (χ3v) is 6.08. The second kappa shape index (κ2) is 9.72. The maximum atomic E-state index is 13.5. The second-order valence-corrected chi connectivity index (χ2v) is 8.68.